The van der Waals surface area contributed by atoms with Crippen LogP contribution in [0.5, 0.6) is 0 Å². The first kappa shape index (κ1) is 21.8. The molecule has 0 saturated carbocycles. The SMILES string of the molecule is CC1=C(C(N)=O)[C@H](c2cccc(Cl)c2Cl)N=C(SCc2c(C)cc(C)cc2C)N1. The fourth-order valence-electron chi connectivity index (χ4n) is 3.57. The molecule has 1 heterocycles. The predicted octanol–water partition coefficient (Wildman–Crippen LogP) is 5.61. The number of allylic oxidation sites excluding steroid dienone is 1. The number of nitrogens with one attached hydrogen (secondary N) is 1. The maximum Gasteiger partial charge on any atom is 0.248 e. The second-order valence-corrected chi connectivity index (χ2v) is 8.92. The van der Waals surface area contributed by atoms with E-state index >= 15 is 0 Å². The summed E-state index contributed by atoms with van der Waals surface area (Å²) in [5.41, 5.74) is 12.4. The minimum atomic E-state index is -0.595. The van der Waals surface area contributed by atoms with Crippen LogP contribution in [0.4, 0.5) is 0 Å². The molecule has 1 aliphatic heterocycles. The third kappa shape index (κ3) is 4.63. The fourth-order valence-corrected chi connectivity index (χ4v) is 5.13. The third-order valence-electron chi connectivity index (χ3n) is 4.95. The molecule has 0 fully saturated rings. The van der Waals surface area contributed by atoms with E-state index in [0.29, 0.717) is 32.0 Å². The largest absolute Gasteiger partial charge is 0.366 e. The minimum absolute atomic E-state index is 0.381. The van der Waals surface area contributed by atoms with Crippen molar-refractivity contribution >= 4 is 46.0 Å². The van der Waals surface area contributed by atoms with Crippen molar-refractivity contribution in [3.8, 4) is 0 Å². The van der Waals surface area contributed by atoms with Gasteiger partial charge in [-0.3, -0.25) is 4.79 Å². The Morgan fingerprint density at radius 3 is 2.45 bits per heavy atom. The molecule has 0 saturated heterocycles. The first-order valence-corrected chi connectivity index (χ1v) is 10.9. The van der Waals surface area contributed by atoms with Crippen molar-refractivity contribution in [2.45, 2.75) is 39.5 Å². The van der Waals surface area contributed by atoms with Crippen molar-refractivity contribution in [3.63, 3.8) is 0 Å². The molecule has 4 nitrogen and oxygen atoms in total. The molecule has 0 spiro atoms. The van der Waals surface area contributed by atoms with E-state index in [4.69, 9.17) is 33.9 Å². The van der Waals surface area contributed by atoms with Gasteiger partial charge >= 0.3 is 0 Å². The highest BCUT2D eigenvalue weighted by molar-refractivity contribution is 8.13. The lowest BCUT2D eigenvalue weighted by atomic mass is 9.96. The topological polar surface area (TPSA) is 67.5 Å². The summed E-state index contributed by atoms with van der Waals surface area (Å²) in [6, 6.07) is 9.09. The standard InChI is InChI=1S/C22H23Cl2N3OS/c1-11-8-12(2)16(13(3)9-11)10-29-22-26-14(4)18(21(25)28)20(27-22)15-6-5-7-17(23)19(15)24/h5-9,20H,10H2,1-4H3,(H2,25,28)(H,26,27)/t20-/m0/s1. The number of rotatable bonds is 4. The van der Waals surface area contributed by atoms with Crippen LogP contribution in [0, 0.1) is 20.8 Å². The summed E-state index contributed by atoms with van der Waals surface area (Å²) in [4.78, 5) is 16.9. The highest BCUT2D eigenvalue weighted by Gasteiger charge is 2.30. The van der Waals surface area contributed by atoms with Crippen molar-refractivity contribution < 1.29 is 4.79 Å². The maximum atomic E-state index is 12.1. The number of amidine groups is 1. The summed E-state index contributed by atoms with van der Waals surface area (Å²) in [6.45, 7) is 8.17. The molecule has 1 aliphatic rings. The zero-order valence-corrected chi connectivity index (χ0v) is 19.1. The average molecular weight is 448 g/mol. The number of hydrogen-bond donors (Lipinski definition) is 2. The first-order valence-electron chi connectivity index (χ1n) is 9.17. The molecule has 7 heteroatoms. The summed E-state index contributed by atoms with van der Waals surface area (Å²) in [6.07, 6.45) is 0. The van der Waals surface area contributed by atoms with Crippen LogP contribution in [0.25, 0.3) is 0 Å². The fraction of sp³-hybridized carbons (Fsp3) is 0.273. The number of halogens is 2. The van der Waals surface area contributed by atoms with E-state index in [9.17, 15) is 4.79 Å². The molecule has 29 heavy (non-hydrogen) atoms. The van der Waals surface area contributed by atoms with Gasteiger partial charge < -0.3 is 11.1 Å². The van der Waals surface area contributed by atoms with Crippen molar-refractivity contribution in [1.29, 1.82) is 0 Å². The van der Waals surface area contributed by atoms with Crippen molar-refractivity contribution in [2.75, 3.05) is 0 Å². The Morgan fingerprint density at radius 1 is 1.17 bits per heavy atom. The molecule has 0 aromatic heterocycles. The molecule has 2 aromatic carbocycles. The van der Waals surface area contributed by atoms with Crippen LogP contribution in [0.2, 0.25) is 10.0 Å². The van der Waals surface area contributed by atoms with Crippen LogP contribution in [0.3, 0.4) is 0 Å². The number of carbonyl (C=O) groups is 1. The number of aryl methyl sites for hydroxylation is 3. The highest BCUT2D eigenvalue weighted by atomic mass is 35.5. The lowest BCUT2D eigenvalue weighted by Crippen LogP contribution is -2.32. The molecule has 0 unspecified atom stereocenters. The smallest absolute Gasteiger partial charge is 0.248 e. The number of amides is 1. The van der Waals surface area contributed by atoms with Crippen LogP contribution >= 0.6 is 35.0 Å². The van der Waals surface area contributed by atoms with Gasteiger partial charge in [0, 0.05) is 17.0 Å². The van der Waals surface area contributed by atoms with Gasteiger partial charge in [-0.15, -0.1) is 0 Å². The number of nitrogens with two attached hydrogens (primary N) is 1. The Morgan fingerprint density at radius 2 is 1.83 bits per heavy atom. The minimum Gasteiger partial charge on any atom is -0.366 e. The van der Waals surface area contributed by atoms with Crippen molar-refractivity contribution in [2.24, 2.45) is 10.7 Å². The Balaban J connectivity index is 1.95. The molecule has 0 aliphatic carbocycles. The summed E-state index contributed by atoms with van der Waals surface area (Å²) < 4.78 is 0. The molecule has 2 aromatic rings. The van der Waals surface area contributed by atoms with E-state index in [2.05, 4.69) is 38.2 Å². The molecular formula is C22H23Cl2N3OS. The number of hydrogen-bond acceptors (Lipinski definition) is 4. The second kappa shape index (κ2) is 8.82. The summed E-state index contributed by atoms with van der Waals surface area (Å²) >= 11 is 14.2. The molecule has 3 N–H and O–H groups in total. The van der Waals surface area contributed by atoms with Gasteiger partial charge in [0.05, 0.1) is 15.6 Å². The van der Waals surface area contributed by atoms with Crippen LogP contribution in [0.1, 0.15) is 40.8 Å². The van der Waals surface area contributed by atoms with Gasteiger partial charge in [0.25, 0.3) is 0 Å². The van der Waals surface area contributed by atoms with Gasteiger partial charge in [0.2, 0.25) is 5.91 Å². The van der Waals surface area contributed by atoms with E-state index < -0.39 is 11.9 Å². The Labute approximate surface area is 185 Å². The van der Waals surface area contributed by atoms with E-state index in [1.54, 1.807) is 23.9 Å². The highest BCUT2D eigenvalue weighted by Crippen LogP contribution is 2.38. The van der Waals surface area contributed by atoms with E-state index in [1.165, 1.54) is 22.3 Å². The van der Waals surface area contributed by atoms with E-state index in [0.717, 1.165) is 5.75 Å². The molecule has 152 valence electrons. The van der Waals surface area contributed by atoms with Gasteiger partial charge in [0.15, 0.2) is 5.17 Å². The van der Waals surface area contributed by atoms with E-state index in [-0.39, 0.29) is 0 Å². The average Bonchev–Trinajstić information content (AvgIpc) is 2.62. The number of thioether (sulfide) groups is 1. The maximum absolute atomic E-state index is 12.1. The number of carbonyl (C=O) groups excluding carboxylic acids is 1. The first-order chi connectivity index (χ1) is 13.7. The lowest BCUT2D eigenvalue weighted by molar-refractivity contribution is -0.114. The van der Waals surface area contributed by atoms with Crippen LogP contribution < -0.4 is 11.1 Å². The number of aliphatic imine (C=N–C) groups is 1. The third-order valence-corrected chi connectivity index (χ3v) is 6.70. The monoisotopic (exact) mass is 447 g/mol. The quantitative estimate of drug-likeness (QED) is 0.639. The van der Waals surface area contributed by atoms with Gasteiger partial charge in [-0.25, -0.2) is 4.99 Å². The van der Waals surface area contributed by atoms with Crippen LogP contribution in [-0.4, -0.2) is 11.1 Å². The van der Waals surface area contributed by atoms with Gasteiger partial charge in [-0.1, -0.05) is 64.8 Å². The zero-order chi connectivity index (χ0) is 21.3. The Hall–Kier alpha value is -1.95. The van der Waals surface area contributed by atoms with Crippen molar-refractivity contribution in [1.82, 2.24) is 5.32 Å². The van der Waals surface area contributed by atoms with Gasteiger partial charge in [-0.2, -0.15) is 0 Å². The van der Waals surface area contributed by atoms with Crippen LogP contribution in [-0.2, 0) is 10.5 Å². The molecule has 1 atom stereocenters. The lowest BCUT2D eigenvalue weighted by Gasteiger charge is -2.26. The summed E-state index contributed by atoms with van der Waals surface area (Å²) in [5.74, 6) is 0.230. The van der Waals surface area contributed by atoms with Gasteiger partial charge in [0.1, 0.15) is 6.04 Å². The number of primary amides is 1. The zero-order valence-electron chi connectivity index (χ0n) is 16.8. The van der Waals surface area contributed by atoms with Crippen molar-refractivity contribution in [3.05, 3.63) is 79.5 Å². The Kier molecular flexibility index (Phi) is 6.62. The number of benzene rings is 2. The molecule has 0 radical (unpaired) electrons. The molecule has 3 rings (SSSR count). The molecule has 0 bridgehead atoms. The normalized spacial score (nSPS) is 16.5. The van der Waals surface area contributed by atoms with E-state index in [1.807, 2.05) is 13.0 Å². The number of nitrogens with zero attached hydrogens (tertiary/aromatic N) is 1. The Bertz CT molecular complexity index is 1020. The molecular weight excluding hydrogens is 425 g/mol. The summed E-state index contributed by atoms with van der Waals surface area (Å²) in [7, 11) is 0. The molecule has 1 amide bonds. The van der Waals surface area contributed by atoms with Gasteiger partial charge in [-0.05, 0) is 50.5 Å². The predicted molar refractivity (Wildman–Crippen MR) is 124 cm³/mol. The summed E-state index contributed by atoms with van der Waals surface area (Å²) in [5, 5.41) is 4.73. The van der Waals surface area contributed by atoms with Crippen LogP contribution in [0.15, 0.2) is 46.6 Å². The second-order valence-electron chi connectivity index (χ2n) is 7.17.